The zero-order valence-electron chi connectivity index (χ0n) is 11.3. The minimum absolute atomic E-state index is 0.709. The van der Waals surface area contributed by atoms with Gasteiger partial charge in [-0.3, -0.25) is 4.98 Å². The van der Waals surface area contributed by atoms with Crippen molar-refractivity contribution in [1.82, 2.24) is 20.3 Å². The standard InChI is InChI=1S/C15H20N4/c1-11-15(13-5-3-7-17-10-13)19-14(18-11)8-12-4-2-6-16-9-12/h3,5,7,10,12,16H,2,4,6,8-9H2,1H3,(H,18,19). The zero-order chi connectivity index (χ0) is 13.1. The molecule has 2 aromatic heterocycles. The summed E-state index contributed by atoms with van der Waals surface area (Å²) in [6.07, 6.45) is 7.28. The highest BCUT2D eigenvalue weighted by molar-refractivity contribution is 5.60. The van der Waals surface area contributed by atoms with Gasteiger partial charge in [-0.2, -0.15) is 0 Å². The van der Waals surface area contributed by atoms with E-state index in [0.29, 0.717) is 5.92 Å². The summed E-state index contributed by atoms with van der Waals surface area (Å²) in [6.45, 7) is 4.36. The molecule has 100 valence electrons. The van der Waals surface area contributed by atoms with Crippen molar-refractivity contribution >= 4 is 0 Å². The van der Waals surface area contributed by atoms with Crippen molar-refractivity contribution < 1.29 is 0 Å². The molecular formula is C15H20N4. The van der Waals surface area contributed by atoms with Gasteiger partial charge in [-0.05, 0) is 50.9 Å². The summed E-state index contributed by atoms with van der Waals surface area (Å²) in [5.74, 6) is 1.81. The number of aromatic nitrogens is 3. The Morgan fingerprint density at radius 2 is 2.37 bits per heavy atom. The molecule has 1 unspecified atom stereocenters. The van der Waals surface area contributed by atoms with Crippen molar-refractivity contribution in [1.29, 1.82) is 0 Å². The predicted molar refractivity (Wildman–Crippen MR) is 75.9 cm³/mol. The van der Waals surface area contributed by atoms with E-state index in [1.165, 1.54) is 12.8 Å². The van der Waals surface area contributed by atoms with E-state index >= 15 is 0 Å². The molecule has 4 nitrogen and oxygen atoms in total. The second-order valence-electron chi connectivity index (χ2n) is 5.32. The van der Waals surface area contributed by atoms with E-state index in [0.717, 1.165) is 42.3 Å². The number of H-pyrrole nitrogens is 1. The van der Waals surface area contributed by atoms with Crippen molar-refractivity contribution in [2.45, 2.75) is 26.2 Å². The van der Waals surface area contributed by atoms with Gasteiger partial charge in [0.25, 0.3) is 0 Å². The van der Waals surface area contributed by atoms with E-state index in [1.807, 2.05) is 12.3 Å². The second-order valence-corrected chi connectivity index (χ2v) is 5.32. The SMILES string of the molecule is Cc1[nH]c(CC2CCCNC2)nc1-c1cccnc1. The lowest BCUT2D eigenvalue weighted by atomic mass is 9.96. The van der Waals surface area contributed by atoms with Crippen LogP contribution in [0.3, 0.4) is 0 Å². The van der Waals surface area contributed by atoms with E-state index in [1.54, 1.807) is 6.20 Å². The fraction of sp³-hybridized carbons (Fsp3) is 0.467. The van der Waals surface area contributed by atoms with Crippen LogP contribution in [0.15, 0.2) is 24.5 Å². The lowest BCUT2D eigenvalue weighted by Crippen LogP contribution is -2.31. The highest BCUT2D eigenvalue weighted by atomic mass is 14.9. The monoisotopic (exact) mass is 256 g/mol. The smallest absolute Gasteiger partial charge is 0.107 e. The third-order valence-electron chi connectivity index (χ3n) is 3.75. The largest absolute Gasteiger partial charge is 0.346 e. The Kier molecular flexibility index (Phi) is 3.60. The Bertz CT molecular complexity index is 526. The molecule has 0 radical (unpaired) electrons. The molecule has 4 heteroatoms. The molecule has 0 bridgehead atoms. The maximum atomic E-state index is 4.75. The summed E-state index contributed by atoms with van der Waals surface area (Å²) < 4.78 is 0. The minimum Gasteiger partial charge on any atom is -0.346 e. The lowest BCUT2D eigenvalue weighted by Gasteiger charge is -2.21. The first-order chi connectivity index (χ1) is 9.33. The third-order valence-corrected chi connectivity index (χ3v) is 3.75. The van der Waals surface area contributed by atoms with Crippen molar-refractivity contribution in [3.63, 3.8) is 0 Å². The van der Waals surface area contributed by atoms with Crippen molar-refractivity contribution in [3.05, 3.63) is 36.0 Å². The normalized spacial score (nSPS) is 19.5. The molecule has 2 aromatic rings. The molecule has 0 spiro atoms. The first-order valence-corrected chi connectivity index (χ1v) is 6.99. The maximum absolute atomic E-state index is 4.75. The number of nitrogens with zero attached hydrogens (tertiary/aromatic N) is 2. The van der Waals surface area contributed by atoms with Crippen LogP contribution in [0.4, 0.5) is 0 Å². The van der Waals surface area contributed by atoms with Crippen LogP contribution in [0.5, 0.6) is 0 Å². The number of rotatable bonds is 3. The molecule has 1 saturated heterocycles. The van der Waals surface area contributed by atoms with Gasteiger partial charge in [-0.15, -0.1) is 0 Å². The second kappa shape index (κ2) is 5.53. The van der Waals surface area contributed by atoms with E-state index < -0.39 is 0 Å². The van der Waals surface area contributed by atoms with Gasteiger partial charge in [0.05, 0.1) is 5.69 Å². The molecule has 1 fully saturated rings. The quantitative estimate of drug-likeness (QED) is 0.886. The number of imidazole rings is 1. The molecule has 3 heterocycles. The summed E-state index contributed by atoms with van der Waals surface area (Å²) in [7, 11) is 0. The first kappa shape index (κ1) is 12.4. The van der Waals surface area contributed by atoms with Crippen LogP contribution in [-0.2, 0) is 6.42 Å². The highest BCUT2D eigenvalue weighted by Crippen LogP contribution is 2.22. The van der Waals surface area contributed by atoms with Crippen LogP contribution in [0, 0.1) is 12.8 Å². The zero-order valence-corrected chi connectivity index (χ0v) is 11.3. The van der Waals surface area contributed by atoms with Crippen LogP contribution >= 0.6 is 0 Å². The first-order valence-electron chi connectivity index (χ1n) is 6.99. The van der Waals surface area contributed by atoms with Gasteiger partial charge in [-0.25, -0.2) is 4.98 Å². The van der Waals surface area contributed by atoms with Gasteiger partial charge in [0.15, 0.2) is 0 Å². The van der Waals surface area contributed by atoms with Crippen molar-refractivity contribution in [2.24, 2.45) is 5.92 Å². The van der Waals surface area contributed by atoms with E-state index in [2.05, 4.69) is 28.3 Å². The Hall–Kier alpha value is -1.68. The van der Waals surface area contributed by atoms with Crippen LogP contribution < -0.4 is 5.32 Å². The van der Waals surface area contributed by atoms with E-state index in [-0.39, 0.29) is 0 Å². The molecule has 19 heavy (non-hydrogen) atoms. The maximum Gasteiger partial charge on any atom is 0.107 e. The molecular weight excluding hydrogens is 236 g/mol. The van der Waals surface area contributed by atoms with Crippen molar-refractivity contribution in [3.8, 4) is 11.3 Å². The molecule has 1 aliphatic heterocycles. The number of aryl methyl sites for hydroxylation is 1. The molecule has 0 aliphatic carbocycles. The number of nitrogens with one attached hydrogen (secondary N) is 2. The topological polar surface area (TPSA) is 53.6 Å². The third kappa shape index (κ3) is 2.84. The average molecular weight is 256 g/mol. The number of aromatic amines is 1. The predicted octanol–water partition coefficient (Wildman–Crippen LogP) is 2.32. The van der Waals surface area contributed by atoms with Gasteiger partial charge in [0.2, 0.25) is 0 Å². The molecule has 0 saturated carbocycles. The van der Waals surface area contributed by atoms with Crippen molar-refractivity contribution in [2.75, 3.05) is 13.1 Å². The number of pyridine rings is 1. The minimum atomic E-state index is 0.709. The van der Waals surface area contributed by atoms with Gasteiger partial charge < -0.3 is 10.3 Å². The fourth-order valence-corrected chi connectivity index (χ4v) is 2.77. The van der Waals surface area contributed by atoms with Crippen LogP contribution in [0.25, 0.3) is 11.3 Å². The summed E-state index contributed by atoms with van der Waals surface area (Å²) in [6, 6.07) is 4.01. The van der Waals surface area contributed by atoms with Gasteiger partial charge in [0.1, 0.15) is 5.82 Å². The van der Waals surface area contributed by atoms with Gasteiger partial charge in [-0.1, -0.05) is 0 Å². The number of hydrogen-bond acceptors (Lipinski definition) is 3. The average Bonchev–Trinajstić information content (AvgIpc) is 2.82. The van der Waals surface area contributed by atoms with Gasteiger partial charge in [0, 0.05) is 30.1 Å². The Morgan fingerprint density at radius 1 is 1.42 bits per heavy atom. The molecule has 0 aromatic carbocycles. The van der Waals surface area contributed by atoms with E-state index in [9.17, 15) is 0 Å². The lowest BCUT2D eigenvalue weighted by molar-refractivity contribution is 0.371. The Labute approximate surface area is 113 Å². The summed E-state index contributed by atoms with van der Waals surface area (Å²) in [4.78, 5) is 12.3. The Morgan fingerprint density at radius 3 is 3.11 bits per heavy atom. The van der Waals surface area contributed by atoms with Gasteiger partial charge >= 0.3 is 0 Å². The van der Waals surface area contributed by atoms with E-state index in [4.69, 9.17) is 4.98 Å². The molecule has 2 N–H and O–H groups in total. The molecule has 1 aliphatic rings. The van der Waals surface area contributed by atoms with Crippen LogP contribution in [0.1, 0.15) is 24.4 Å². The number of piperidine rings is 1. The van der Waals surface area contributed by atoms with Crippen LogP contribution in [-0.4, -0.2) is 28.0 Å². The fourth-order valence-electron chi connectivity index (χ4n) is 2.77. The highest BCUT2D eigenvalue weighted by Gasteiger charge is 2.16. The molecule has 1 atom stereocenters. The molecule has 0 amide bonds. The molecule has 3 rings (SSSR count). The summed E-state index contributed by atoms with van der Waals surface area (Å²) >= 11 is 0. The van der Waals surface area contributed by atoms with Crippen LogP contribution in [0.2, 0.25) is 0 Å². The summed E-state index contributed by atoms with van der Waals surface area (Å²) in [5, 5.41) is 3.46. The Balaban J connectivity index is 1.77. The summed E-state index contributed by atoms with van der Waals surface area (Å²) in [5.41, 5.74) is 3.25. The number of hydrogen-bond donors (Lipinski definition) is 2.